The number of ketones is 1. The predicted octanol–water partition coefficient (Wildman–Crippen LogP) is 6.04. The molecular formula is C22H36O. The Labute approximate surface area is 143 Å². The topological polar surface area (TPSA) is 17.1 Å². The van der Waals surface area contributed by atoms with Crippen molar-refractivity contribution in [3.8, 4) is 0 Å². The van der Waals surface area contributed by atoms with E-state index in [1.54, 1.807) is 5.57 Å². The Morgan fingerprint density at radius 1 is 1.00 bits per heavy atom. The van der Waals surface area contributed by atoms with Crippen LogP contribution in [0.25, 0.3) is 0 Å². The van der Waals surface area contributed by atoms with Gasteiger partial charge >= 0.3 is 0 Å². The number of hydrogen-bond acceptors (Lipinski definition) is 1. The Kier molecular flexibility index (Phi) is 4.09. The van der Waals surface area contributed by atoms with Crippen LogP contribution in [0, 0.1) is 40.4 Å². The van der Waals surface area contributed by atoms with Gasteiger partial charge in [-0.3, -0.25) is 4.79 Å². The van der Waals surface area contributed by atoms with E-state index in [2.05, 4.69) is 48.5 Å². The third kappa shape index (κ3) is 2.45. The molecule has 1 nitrogen and oxygen atoms in total. The van der Waals surface area contributed by atoms with Gasteiger partial charge < -0.3 is 0 Å². The highest BCUT2D eigenvalue weighted by Gasteiger charge is 2.56. The van der Waals surface area contributed by atoms with Gasteiger partial charge in [0.15, 0.2) is 5.78 Å². The van der Waals surface area contributed by atoms with E-state index in [0.29, 0.717) is 23.0 Å². The van der Waals surface area contributed by atoms with E-state index in [1.165, 1.54) is 31.3 Å². The minimum absolute atomic E-state index is 0.179. The first-order chi connectivity index (χ1) is 10.6. The molecule has 0 amide bonds. The van der Waals surface area contributed by atoms with Crippen molar-refractivity contribution in [3.05, 3.63) is 11.1 Å². The fraction of sp³-hybridized carbons (Fsp3) is 0.864. The molecule has 0 bridgehead atoms. The van der Waals surface area contributed by atoms with Crippen molar-refractivity contribution in [1.82, 2.24) is 0 Å². The molecule has 0 saturated heterocycles. The van der Waals surface area contributed by atoms with Crippen molar-refractivity contribution in [2.45, 2.75) is 80.6 Å². The van der Waals surface area contributed by atoms with Crippen LogP contribution < -0.4 is 0 Å². The predicted molar refractivity (Wildman–Crippen MR) is 97.2 cm³/mol. The third-order valence-corrected chi connectivity index (χ3v) is 7.74. The molecule has 0 N–H and O–H groups in total. The second-order valence-electron chi connectivity index (χ2n) is 10.1. The van der Waals surface area contributed by atoms with Crippen molar-refractivity contribution >= 4 is 5.78 Å². The Balaban J connectivity index is 2.05. The number of rotatable bonds is 2. The molecule has 0 spiro atoms. The maximum absolute atomic E-state index is 12.7. The van der Waals surface area contributed by atoms with Crippen LogP contribution in [-0.2, 0) is 4.79 Å². The van der Waals surface area contributed by atoms with Gasteiger partial charge in [0.25, 0.3) is 0 Å². The van der Waals surface area contributed by atoms with E-state index in [0.717, 1.165) is 24.2 Å². The van der Waals surface area contributed by atoms with Gasteiger partial charge in [-0.15, -0.1) is 0 Å². The van der Waals surface area contributed by atoms with Crippen molar-refractivity contribution in [2.24, 2.45) is 40.4 Å². The molecule has 4 atom stereocenters. The fourth-order valence-electron chi connectivity index (χ4n) is 6.83. The molecule has 0 radical (unpaired) electrons. The quantitative estimate of drug-likeness (QED) is 0.607. The Morgan fingerprint density at radius 2 is 1.65 bits per heavy atom. The van der Waals surface area contributed by atoms with Crippen LogP contribution in [0.3, 0.4) is 0 Å². The van der Waals surface area contributed by atoms with E-state index in [-0.39, 0.29) is 5.41 Å². The zero-order valence-electron chi connectivity index (χ0n) is 16.3. The van der Waals surface area contributed by atoms with E-state index >= 15 is 0 Å². The molecule has 23 heavy (non-hydrogen) atoms. The number of carbonyl (C=O) groups is 1. The van der Waals surface area contributed by atoms with E-state index in [4.69, 9.17) is 0 Å². The average Bonchev–Trinajstić information content (AvgIpc) is 2.68. The lowest BCUT2D eigenvalue weighted by atomic mass is 9.48. The first kappa shape index (κ1) is 17.2. The summed E-state index contributed by atoms with van der Waals surface area (Å²) < 4.78 is 0. The maximum Gasteiger partial charge on any atom is 0.159 e. The first-order valence-electron chi connectivity index (χ1n) is 9.87. The largest absolute Gasteiger partial charge is 0.295 e. The van der Waals surface area contributed by atoms with E-state index < -0.39 is 0 Å². The highest BCUT2D eigenvalue weighted by Crippen LogP contribution is 2.64. The Hall–Kier alpha value is -0.590. The van der Waals surface area contributed by atoms with Gasteiger partial charge in [0.05, 0.1) is 0 Å². The van der Waals surface area contributed by atoms with Gasteiger partial charge in [-0.2, -0.15) is 0 Å². The summed E-state index contributed by atoms with van der Waals surface area (Å²) in [5, 5.41) is 0. The minimum Gasteiger partial charge on any atom is -0.295 e. The van der Waals surface area contributed by atoms with E-state index in [9.17, 15) is 4.79 Å². The van der Waals surface area contributed by atoms with Crippen LogP contribution in [-0.4, -0.2) is 5.78 Å². The fourth-order valence-corrected chi connectivity index (χ4v) is 6.83. The van der Waals surface area contributed by atoms with E-state index in [1.807, 2.05) is 0 Å². The van der Waals surface area contributed by atoms with Crippen LogP contribution in [0.4, 0.5) is 0 Å². The van der Waals surface area contributed by atoms with Crippen molar-refractivity contribution in [2.75, 3.05) is 0 Å². The lowest BCUT2D eigenvalue weighted by molar-refractivity contribution is -0.116. The summed E-state index contributed by atoms with van der Waals surface area (Å²) in [7, 11) is 0. The van der Waals surface area contributed by atoms with Crippen molar-refractivity contribution < 1.29 is 4.79 Å². The monoisotopic (exact) mass is 316 g/mol. The molecule has 4 unspecified atom stereocenters. The second kappa shape index (κ2) is 5.46. The molecule has 3 aliphatic rings. The van der Waals surface area contributed by atoms with Crippen LogP contribution in [0.5, 0.6) is 0 Å². The molecule has 0 aromatic heterocycles. The molecule has 0 aliphatic heterocycles. The summed E-state index contributed by atoms with van der Waals surface area (Å²) in [4.78, 5) is 12.7. The number of carbonyl (C=O) groups excluding carboxylic acids is 1. The summed E-state index contributed by atoms with van der Waals surface area (Å²) >= 11 is 0. The van der Waals surface area contributed by atoms with Gasteiger partial charge in [0.2, 0.25) is 0 Å². The summed E-state index contributed by atoms with van der Waals surface area (Å²) in [6, 6.07) is 0. The van der Waals surface area contributed by atoms with Crippen molar-refractivity contribution in [1.29, 1.82) is 0 Å². The smallest absolute Gasteiger partial charge is 0.159 e. The molecule has 0 aromatic carbocycles. The highest BCUT2D eigenvalue weighted by atomic mass is 16.1. The SMILES string of the molecule is CC(C)C1=C2C3CCC(C(C)C)C(C)(C)C3CCC2(C)CC1=O. The van der Waals surface area contributed by atoms with Crippen molar-refractivity contribution in [3.63, 3.8) is 0 Å². The van der Waals surface area contributed by atoms with Gasteiger partial charge in [-0.1, -0.05) is 54.0 Å². The van der Waals surface area contributed by atoms with Crippen LogP contribution >= 0.6 is 0 Å². The first-order valence-corrected chi connectivity index (χ1v) is 9.87. The molecule has 2 saturated carbocycles. The summed E-state index contributed by atoms with van der Waals surface area (Å²) in [6.07, 6.45) is 5.97. The molecule has 1 heteroatoms. The minimum atomic E-state index is 0.179. The Bertz CT molecular complexity index is 536. The standard InChI is InChI=1S/C22H36O/c1-13(2)16-9-8-15-17(21(16,5)6)10-11-22(7)12-18(23)19(14(3)4)20(15)22/h13-17H,8-12H2,1-7H3. The summed E-state index contributed by atoms with van der Waals surface area (Å²) in [5.41, 5.74) is 3.41. The lowest BCUT2D eigenvalue weighted by Crippen LogP contribution is -2.48. The molecule has 0 aromatic rings. The number of allylic oxidation sites excluding steroid dienone is 2. The number of hydrogen-bond donors (Lipinski definition) is 0. The zero-order valence-corrected chi connectivity index (χ0v) is 16.3. The van der Waals surface area contributed by atoms with Gasteiger partial charge in [-0.05, 0) is 71.7 Å². The highest BCUT2D eigenvalue weighted by molar-refractivity contribution is 6.00. The second-order valence-corrected chi connectivity index (χ2v) is 10.1. The third-order valence-electron chi connectivity index (χ3n) is 7.74. The van der Waals surface area contributed by atoms with Crippen LogP contribution in [0.1, 0.15) is 80.6 Å². The molecule has 0 heterocycles. The average molecular weight is 317 g/mol. The normalized spacial score (nSPS) is 39.9. The van der Waals surface area contributed by atoms with Gasteiger partial charge in [-0.25, -0.2) is 0 Å². The zero-order chi connectivity index (χ0) is 17.2. The summed E-state index contributed by atoms with van der Waals surface area (Å²) in [6.45, 7) is 16.7. The molecule has 2 fully saturated rings. The Morgan fingerprint density at radius 3 is 2.22 bits per heavy atom. The number of fused-ring (bicyclic) bond motifs is 3. The molecular weight excluding hydrogens is 280 g/mol. The summed E-state index contributed by atoms with van der Waals surface area (Å²) in [5.74, 6) is 3.89. The molecule has 3 aliphatic carbocycles. The molecule has 3 rings (SSSR count). The van der Waals surface area contributed by atoms with Gasteiger partial charge in [0, 0.05) is 6.42 Å². The maximum atomic E-state index is 12.7. The van der Waals surface area contributed by atoms with Crippen LogP contribution in [0.2, 0.25) is 0 Å². The lowest BCUT2D eigenvalue weighted by Gasteiger charge is -2.56. The molecule has 130 valence electrons. The van der Waals surface area contributed by atoms with Crippen LogP contribution in [0.15, 0.2) is 11.1 Å². The number of Topliss-reactive ketones (excluding diaryl/α,β-unsaturated/α-hetero) is 1. The van der Waals surface area contributed by atoms with Gasteiger partial charge in [0.1, 0.15) is 0 Å².